The van der Waals surface area contributed by atoms with Crippen molar-refractivity contribution in [3.05, 3.63) is 86.5 Å². The topological polar surface area (TPSA) is 71.4 Å². The van der Waals surface area contributed by atoms with E-state index < -0.39 is 0 Å². The van der Waals surface area contributed by atoms with E-state index in [9.17, 15) is 14.4 Å². The molecule has 2 heterocycles. The van der Waals surface area contributed by atoms with Crippen molar-refractivity contribution in [2.24, 2.45) is 0 Å². The molecule has 0 radical (unpaired) electrons. The summed E-state index contributed by atoms with van der Waals surface area (Å²) in [7, 11) is 0. The van der Waals surface area contributed by atoms with Gasteiger partial charge in [0.2, 0.25) is 5.91 Å². The molecule has 4 rings (SSSR count). The number of halogens is 1. The van der Waals surface area contributed by atoms with Crippen LogP contribution in [0.4, 0.5) is 10.5 Å². The molecule has 0 atom stereocenters. The van der Waals surface area contributed by atoms with Crippen molar-refractivity contribution in [1.82, 2.24) is 9.47 Å². The third-order valence-corrected chi connectivity index (χ3v) is 6.77. The largest absolute Gasteiger partial charge is 0.326 e. The third kappa shape index (κ3) is 4.96. The van der Waals surface area contributed by atoms with E-state index in [2.05, 4.69) is 25.8 Å². The van der Waals surface area contributed by atoms with Crippen LogP contribution in [0.5, 0.6) is 0 Å². The summed E-state index contributed by atoms with van der Waals surface area (Å²) >= 11 is 4.36. The number of rotatable bonds is 5. The van der Waals surface area contributed by atoms with E-state index in [0.29, 0.717) is 4.91 Å². The summed E-state index contributed by atoms with van der Waals surface area (Å²) in [4.78, 5) is 38.4. The van der Waals surface area contributed by atoms with E-state index >= 15 is 0 Å². The molecule has 33 heavy (non-hydrogen) atoms. The molecule has 3 aromatic rings. The molecule has 2 aromatic carbocycles. The van der Waals surface area contributed by atoms with E-state index in [-0.39, 0.29) is 23.6 Å². The fourth-order valence-electron chi connectivity index (χ4n) is 3.78. The number of carbonyl (C=O) groups excluding carboxylic acids is 3. The van der Waals surface area contributed by atoms with Crippen molar-refractivity contribution >= 4 is 56.5 Å². The monoisotopic (exact) mass is 523 g/mol. The molecule has 0 saturated carbocycles. The molecule has 0 unspecified atom stereocenters. The van der Waals surface area contributed by atoms with Crippen LogP contribution in [0.25, 0.3) is 11.8 Å². The lowest BCUT2D eigenvalue weighted by Gasteiger charge is -2.12. The molecule has 1 aliphatic heterocycles. The first kappa shape index (κ1) is 23.1. The molecule has 1 aromatic heterocycles. The minimum Gasteiger partial charge on any atom is -0.326 e. The van der Waals surface area contributed by atoms with E-state index in [1.54, 1.807) is 6.08 Å². The number of anilines is 1. The van der Waals surface area contributed by atoms with Gasteiger partial charge < -0.3 is 9.88 Å². The summed E-state index contributed by atoms with van der Waals surface area (Å²) < 4.78 is 3.02. The summed E-state index contributed by atoms with van der Waals surface area (Å²) in [5, 5.41) is 2.50. The highest BCUT2D eigenvalue weighted by molar-refractivity contribution is 9.10. The number of aromatic nitrogens is 1. The first-order chi connectivity index (χ1) is 15.7. The number of amides is 3. The molecule has 1 aliphatic rings. The number of hydrogen-bond acceptors (Lipinski definition) is 4. The Bertz CT molecular complexity index is 1280. The van der Waals surface area contributed by atoms with Gasteiger partial charge >= 0.3 is 0 Å². The van der Waals surface area contributed by atoms with Crippen LogP contribution in [0.2, 0.25) is 0 Å². The SMILES string of the molecule is CC(=O)Nc1ccc(-n2c(C)cc(/C=C3/SC(=O)N(Cc4ccc(Br)cc4)C3=O)c2C)cc1. The number of hydrogen-bond donors (Lipinski definition) is 1. The number of nitrogens with one attached hydrogen (secondary N) is 1. The number of imide groups is 1. The van der Waals surface area contributed by atoms with E-state index in [1.807, 2.05) is 68.4 Å². The van der Waals surface area contributed by atoms with Crippen molar-refractivity contribution in [1.29, 1.82) is 0 Å². The minimum absolute atomic E-state index is 0.118. The molecule has 0 spiro atoms. The standard InChI is InChI=1S/C25H22BrN3O3S/c1-15-12-19(16(2)29(15)22-10-8-21(9-11-22)27-17(3)30)13-23-24(31)28(25(32)33-23)14-18-4-6-20(26)7-5-18/h4-13H,14H2,1-3H3,(H,27,30)/b23-13+. The lowest BCUT2D eigenvalue weighted by molar-refractivity contribution is -0.123. The van der Waals surface area contributed by atoms with Gasteiger partial charge in [-0.05, 0) is 85.3 Å². The third-order valence-electron chi connectivity index (χ3n) is 5.33. The molecule has 8 heteroatoms. The number of nitrogens with zero attached hydrogens (tertiary/aromatic N) is 2. The predicted octanol–water partition coefficient (Wildman–Crippen LogP) is 6.05. The number of carbonyl (C=O) groups is 3. The maximum absolute atomic E-state index is 13.0. The van der Waals surface area contributed by atoms with Gasteiger partial charge in [0.25, 0.3) is 11.1 Å². The zero-order valence-electron chi connectivity index (χ0n) is 18.4. The number of thioether (sulfide) groups is 1. The summed E-state index contributed by atoms with van der Waals surface area (Å²) in [6.45, 7) is 5.69. The van der Waals surface area contributed by atoms with Crippen LogP contribution in [0.1, 0.15) is 29.4 Å². The highest BCUT2D eigenvalue weighted by atomic mass is 79.9. The Morgan fingerprint density at radius 3 is 2.36 bits per heavy atom. The normalized spacial score (nSPS) is 14.9. The predicted molar refractivity (Wildman–Crippen MR) is 135 cm³/mol. The lowest BCUT2D eigenvalue weighted by atomic mass is 10.2. The van der Waals surface area contributed by atoms with Gasteiger partial charge in [0.15, 0.2) is 0 Å². The van der Waals surface area contributed by atoms with Gasteiger partial charge in [-0.25, -0.2) is 0 Å². The van der Waals surface area contributed by atoms with E-state index in [4.69, 9.17) is 0 Å². The van der Waals surface area contributed by atoms with Crippen molar-refractivity contribution in [3.8, 4) is 5.69 Å². The molecule has 0 bridgehead atoms. The van der Waals surface area contributed by atoms with Gasteiger partial charge in [-0.15, -0.1) is 0 Å². The lowest BCUT2D eigenvalue weighted by Crippen LogP contribution is -2.27. The second kappa shape index (κ2) is 9.41. The van der Waals surface area contributed by atoms with Gasteiger partial charge in [-0.2, -0.15) is 0 Å². The van der Waals surface area contributed by atoms with Gasteiger partial charge in [0, 0.05) is 34.2 Å². The van der Waals surface area contributed by atoms with Crippen molar-refractivity contribution in [2.75, 3.05) is 5.32 Å². The Hall–Kier alpha value is -3.10. The van der Waals surface area contributed by atoms with Gasteiger partial charge in [0.1, 0.15) is 0 Å². The van der Waals surface area contributed by atoms with Crippen LogP contribution in [0.15, 0.2) is 64.0 Å². The molecular weight excluding hydrogens is 502 g/mol. The van der Waals surface area contributed by atoms with Crippen LogP contribution >= 0.6 is 27.7 Å². The second-order valence-corrected chi connectivity index (χ2v) is 9.69. The maximum Gasteiger partial charge on any atom is 0.293 e. The maximum atomic E-state index is 13.0. The molecule has 3 amide bonds. The van der Waals surface area contributed by atoms with Crippen molar-refractivity contribution < 1.29 is 14.4 Å². The Morgan fingerprint density at radius 1 is 1.06 bits per heavy atom. The number of benzene rings is 2. The average Bonchev–Trinajstić information content (AvgIpc) is 3.19. The quantitative estimate of drug-likeness (QED) is 0.413. The molecular formula is C25H22BrN3O3S. The van der Waals surface area contributed by atoms with Crippen LogP contribution in [-0.2, 0) is 16.1 Å². The Balaban J connectivity index is 1.58. The second-order valence-electron chi connectivity index (χ2n) is 7.78. The zero-order chi connectivity index (χ0) is 23.7. The van der Waals surface area contributed by atoms with Crippen LogP contribution < -0.4 is 5.32 Å². The van der Waals surface area contributed by atoms with Gasteiger partial charge in [0.05, 0.1) is 11.4 Å². The molecule has 0 aliphatic carbocycles. The molecule has 1 saturated heterocycles. The Morgan fingerprint density at radius 2 is 1.73 bits per heavy atom. The summed E-state index contributed by atoms with van der Waals surface area (Å²) in [5.41, 5.74) is 5.41. The van der Waals surface area contributed by atoms with Crippen LogP contribution in [-0.4, -0.2) is 26.5 Å². The Kier molecular flexibility index (Phi) is 6.58. The summed E-state index contributed by atoms with van der Waals surface area (Å²) in [6.07, 6.45) is 1.79. The first-order valence-electron chi connectivity index (χ1n) is 10.3. The average molecular weight is 524 g/mol. The molecule has 6 nitrogen and oxygen atoms in total. The highest BCUT2D eigenvalue weighted by Gasteiger charge is 2.35. The van der Waals surface area contributed by atoms with E-state index in [0.717, 1.165) is 50.1 Å². The summed E-state index contributed by atoms with van der Waals surface area (Å²) in [6, 6.07) is 17.1. The fraction of sp³-hybridized carbons (Fsp3) is 0.160. The minimum atomic E-state index is -0.280. The molecule has 168 valence electrons. The highest BCUT2D eigenvalue weighted by Crippen LogP contribution is 2.35. The zero-order valence-corrected chi connectivity index (χ0v) is 20.8. The smallest absolute Gasteiger partial charge is 0.293 e. The van der Waals surface area contributed by atoms with Crippen molar-refractivity contribution in [3.63, 3.8) is 0 Å². The van der Waals surface area contributed by atoms with Crippen LogP contribution in [0.3, 0.4) is 0 Å². The first-order valence-corrected chi connectivity index (χ1v) is 11.9. The number of aryl methyl sites for hydroxylation is 1. The van der Waals surface area contributed by atoms with Crippen molar-refractivity contribution in [2.45, 2.75) is 27.3 Å². The fourth-order valence-corrected chi connectivity index (χ4v) is 4.87. The molecule has 1 fully saturated rings. The van der Waals surface area contributed by atoms with Crippen LogP contribution in [0, 0.1) is 13.8 Å². The Labute approximate surface area is 204 Å². The summed E-state index contributed by atoms with van der Waals surface area (Å²) in [5.74, 6) is -0.398. The van der Waals surface area contributed by atoms with Gasteiger partial charge in [-0.3, -0.25) is 19.3 Å². The molecule has 1 N–H and O–H groups in total. The van der Waals surface area contributed by atoms with Gasteiger partial charge in [-0.1, -0.05) is 28.1 Å². The van der Waals surface area contributed by atoms with E-state index in [1.165, 1.54) is 11.8 Å².